The first-order chi connectivity index (χ1) is 7.88. The third-order valence-corrected chi connectivity index (χ3v) is 4.19. The molecule has 0 atom stereocenters. The largest absolute Gasteiger partial charge is 0.381 e. The van der Waals surface area contributed by atoms with E-state index in [1.165, 1.54) is 18.4 Å². The maximum Gasteiger partial charge on any atom is 0.0542 e. The summed E-state index contributed by atoms with van der Waals surface area (Å²) in [4.78, 5) is 4.20. The van der Waals surface area contributed by atoms with Crippen molar-refractivity contribution in [3.05, 3.63) is 29.6 Å². The number of thioether (sulfide) groups is 1. The third-order valence-electron chi connectivity index (χ3n) is 2.74. The Morgan fingerprint density at radius 1 is 1.44 bits per heavy atom. The molecule has 1 aromatic heterocycles. The molecule has 0 amide bonds. The van der Waals surface area contributed by atoms with Crippen LogP contribution in [-0.2, 0) is 17.0 Å². The second-order valence-electron chi connectivity index (χ2n) is 3.98. The molecule has 0 bridgehead atoms. The van der Waals surface area contributed by atoms with E-state index in [0.717, 1.165) is 29.9 Å². The SMILES string of the molecule is NCc1cc(CSC2CCOCC2)ccn1. The molecule has 1 aliphatic heterocycles. The van der Waals surface area contributed by atoms with E-state index in [0.29, 0.717) is 6.54 Å². The van der Waals surface area contributed by atoms with Crippen LogP contribution in [0, 0.1) is 0 Å². The molecular weight excluding hydrogens is 220 g/mol. The van der Waals surface area contributed by atoms with Gasteiger partial charge in [0.25, 0.3) is 0 Å². The molecule has 1 aromatic rings. The molecule has 0 aliphatic carbocycles. The van der Waals surface area contributed by atoms with Gasteiger partial charge in [-0.05, 0) is 30.5 Å². The minimum absolute atomic E-state index is 0.524. The predicted molar refractivity (Wildman–Crippen MR) is 67.3 cm³/mol. The molecule has 0 saturated carbocycles. The molecule has 2 N–H and O–H groups in total. The Morgan fingerprint density at radius 3 is 3.00 bits per heavy atom. The molecular formula is C12H18N2OS. The van der Waals surface area contributed by atoms with Gasteiger partial charge in [0, 0.05) is 37.0 Å². The minimum Gasteiger partial charge on any atom is -0.381 e. The van der Waals surface area contributed by atoms with Gasteiger partial charge in [-0.3, -0.25) is 4.98 Å². The highest BCUT2D eigenvalue weighted by molar-refractivity contribution is 7.99. The maximum atomic E-state index is 5.57. The van der Waals surface area contributed by atoms with Gasteiger partial charge in [0.15, 0.2) is 0 Å². The van der Waals surface area contributed by atoms with Crippen molar-refractivity contribution >= 4 is 11.8 Å². The summed E-state index contributed by atoms with van der Waals surface area (Å²) in [5.41, 5.74) is 7.87. The van der Waals surface area contributed by atoms with Gasteiger partial charge in [-0.25, -0.2) is 0 Å². The van der Waals surface area contributed by atoms with Gasteiger partial charge in [-0.15, -0.1) is 0 Å². The Balaban J connectivity index is 1.83. The van der Waals surface area contributed by atoms with Crippen LogP contribution in [0.25, 0.3) is 0 Å². The van der Waals surface area contributed by atoms with E-state index in [1.807, 2.05) is 18.0 Å². The normalized spacial score (nSPS) is 17.6. The highest BCUT2D eigenvalue weighted by Crippen LogP contribution is 2.25. The Hall–Kier alpha value is -0.580. The third kappa shape index (κ3) is 3.47. The average Bonchev–Trinajstić information content (AvgIpc) is 2.38. The first-order valence-corrected chi connectivity index (χ1v) is 6.76. The lowest BCUT2D eigenvalue weighted by molar-refractivity contribution is 0.1000. The summed E-state index contributed by atoms with van der Waals surface area (Å²) in [5.74, 6) is 1.06. The van der Waals surface area contributed by atoms with Crippen molar-refractivity contribution in [1.82, 2.24) is 4.98 Å². The molecule has 0 radical (unpaired) electrons. The minimum atomic E-state index is 0.524. The van der Waals surface area contributed by atoms with E-state index in [9.17, 15) is 0 Å². The maximum absolute atomic E-state index is 5.57. The number of rotatable bonds is 4. The number of nitrogens with two attached hydrogens (primary N) is 1. The smallest absolute Gasteiger partial charge is 0.0542 e. The van der Waals surface area contributed by atoms with E-state index < -0.39 is 0 Å². The number of pyridine rings is 1. The van der Waals surface area contributed by atoms with E-state index in [4.69, 9.17) is 10.5 Å². The monoisotopic (exact) mass is 238 g/mol. The number of ether oxygens (including phenoxy) is 1. The van der Waals surface area contributed by atoms with Gasteiger partial charge >= 0.3 is 0 Å². The Bertz CT molecular complexity index is 327. The van der Waals surface area contributed by atoms with Crippen LogP contribution in [0.15, 0.2) is 18.3 Å². The summed E-state index contributed by atoms with van der Waals surface area (Å²) in [6.45, 7) is 2.36. The molecule has 4 heteroatoms. The second kappa shape index (κ2) is 6.23. The summed E-state index contributed by atoms with van der Waals surface area (Å²) in [6, 6.07) is 4.18. The zero-order valence-electron chi connectivity index (χ0n) is 9.39. The van der Waals surface area contributed by atoms with Crippen molar-refractivity contribution in [3.63, 3.8) is 0 Å². The van der Waals surface area contributed by atoms with Crippen LogP contribution in [0.1, 0.15) is 24.1 Å². The summed E-state index contributed by atoms with van der Waals surface area (Å²) in [5, 5.41) is 0.753. The lowest BCUT2D eigenvalue weighted by atomic mass is 10.2. The fourth-order valence-electron chi connectivity index (χ4n) is 1.79. The van der Waals surface area contributed by atoms with Gasteiger partial charge in [0.1, 0.15) is 0 Å². The van der Waals surface area contributed by atoms with Crippen LogP contribution in [0.4, 0.5) is 0 Å². The van der Waals surface area contributed by atoms with E-state index in [1.54, 1.807) is 0 Å². The Kier molecular flexibility index (Phi) is 4.63. The number of nitrogens with zero attached hydrogens (tertiary/aromatic N) is 1. The summed E-state index contributed by atoms with van der Waals surface area (Å²) >= 11 is 2.02. The van der Waals surface area contributed by atoms with Crippen LogP contribution < -0.4 is 5.73 Å². The summed E-state index contributed by atoms with van der Waals surface area (Å²) < 4.78 is 5.35. The lowest BCUT2D eigenvalue weighted by Gasteiger charge is -2.21. The highest BCUT2D eigenvalue weighted by atomic mass is 32.2. The van der Waals surface area contributed by atoms with Crippen molar-refractivity contribution < 1.29 is 4.74 Å². The zero-order chi connectivity index (χ0) is 11.2. The van der Waals surface area contributed by atoms with Gasteiger partial charge < -0.3 is 10.5 Å². The number of hydrogen-bond donors (Lipinski definition) is 1. The van der Waals surface area contributed by atoms with Gasteiger partial charge in [0.05, 0.1) is 5.69 Å². The molecule has 3 nitrogen and oxygen atoms in total. The first kappa shape index (κ1) is 11.9. The molecule has 88 valence electrons. The molecule has 16 heavy (non-hydrogen) atoms. The quantitative estimate of drug-likeness (QED) is 0.871. The molecule has 1 fully saturated rings. The van der Waals surface area contributed by atoms with Crippen LogP contribution in [-0.4, -0.2) is 23.4 Å². The van der Waals surface area contributed by atoms with E-state index >= 15 is 0 Å². The van der Waals surface area contributed by atoms with Crippen molar-refractivity contribution in [3.8, 4) is 0 Å². The van der Waals surface area contributed by atoms with Gasteiger partial charge in [0.2, 0.25) is 0 Å². The van der Waals surface area contributed by atoms with Crippen LogP contribution in [0.2, 0.25) is 0 Å². The van der Waals surface area contributed by atoms with Crippen LogP contribution in [0.5, 0.6) is 0 Å². The molecule has 1 saturated heterocycles. The van der Waals surface area contributed by atoms with Crippen molar-refractivity contribution in [1.29, 1.82) is 0 Å². The first-order valence-electron chi connectivity index (χ1n) is 5.71. The Labute approximate surface area is 101 Å². The van der Waals surface area contributed by atoms with E-state index in [-0.39, 0.29) is 0 Å². The molecule has 0 aromatic carbocycles. The molecule has 1 aliphatic rings. The van der Waals surface area contributed by atoms with Crippen molar-refractivity contribution in [2.24, 2.45) is 5.73 Å². The molecule has 0 unspecified atom stereocenters. The summed E-state index contributed by atoms with van der Waals surface area (Å²) in [7, 11) is 0. The van der Waals surface area contributed by atoms with Gasteiger partial charge in [-0.1, -0.05) is 0 Å². The standard InChI is InChI=1S/C12H18N2OS/c13-8-11-7-10(1-4-14-11)9-16-12-2-5-15-6-3-12/h1,4,7,12H,2-3,5-6,8-9,13H2. The summed E-state index contributed by atoms with van der Waals surface area (Å²) in [6.07, 6.45) is 4.21. The zero-order valence-corrected chi connectivity index (χ0v) is 10.2. The van der Waals surface area contributed by atoms with Crippen LogP contribution >= 0.6 is 11.8 Å². The van der Waals surface area contributed by atoms with Gasteiger partial charge in [-0.2, -0.15) is 11.8 Å². The molecule has 2 rings (SSSR count). The molecule has 2 heterocycles. The van der Waals surface area contributed by atoms with Crippen molar-refractivity contribution in [2.75, 3.05) is 13.2 Å². The Morgan fingerprint density at radius 2 is 2.25 bits per heavy atom. The predicted octanol–water partition coefficient (Wildman–Crippen LogP) is 1.95. The topological polar surface area (TPSA) is 48.1 Å². The van der Waals surface area contributed by atoms with Crippen LogP contribution in [0.3, 0.4) is 0 Å². The van der Waals surface area contributed by atoms with E-state index in [2.05, 4.69) is 17.1 Å². The fourth-order valence-corrected chi connectivity index (χ4v) is 2.92. The molecule has 0 spiro atoms. The lowest BCUT2D eigenvalue weighted by Crippen LogP contribution is -2.17. The fraction of sp³-hybridized carbons (Fsp3) is 0.583. The number of aromatic nitrogens is 1. The second-order valence-corrected chi connectivity index (χ2v) is 5.27. The average molecular weight is 238 g/mol. The van der Waals surface area contributed by atoms with Crippen molar-refractivity contribution in [2.45, 2.75) is 30.4 Å². The number of hydrogen-bond acceptors (Lipinski definition) is 4. The highest BCUT2D eigenvalue weighted by Gasteiger charge is 2.13.